The maximum atomic E-state index is 12.9. The van der Waals surface area contributed by atoms with Gasteiger partial charge in [0.15, 0.2) is 9.84 Å². The molecule has 1 amide bonds. The van der Waals surface area contributed by atoms with Crippen molar-refractivity contribution in [3.8, 4) is 11.5 Å². The third-order valence-electron chi connectivity index (χ3n) is 8.27. The Morgan fingerprint density at radius 1 is 0.978 bits per heavy atom. The highest BCUT2D eigenvalue weighted by atomic mass is 32.2. The van der Waals surface area contributed by atoms with Crippen LogP contribution in [0, 0.1) is 0 Å². The van der Waals surface area contributed by atoms with E-state index in [4.69, 9.17) is 14.2 Å². The number of aliphatic hydroxyl groups is 1. The Hall–Kier alpha value is -3.64. The Balaban J connectivity index is 1.07. The summed E-state index contributed by atoms with van der Waals surface area (Å²) in [6.45, 7) is 8.17. The van der Waals surface area contributed by atoms with Crippen LogP contribution in [-0.4, -0.2) is 95.3 Å². The zero-order chi connectivity index (χ0) is 31.6. The first kappa shape index (κ1) is 32.7. The van der Waals surface area contributed by atoms with Crippen LogP contribution in [0.2, 0.25) is 0 Å². The van der Waals surface area contributed by atoms with Gasteiger partial charge in [-0.25, -0.2) is 8.42 Å². The standard InChI is InChI=1S/C34H43N3O7S/c1-2-45(40,41)32-14-6-26(7-15-32)33(25-38)35-34(39)27-4-8-28(9-5-27)37-18-16-31(24-37)44-30-12-10-29(11-13-30)43-21-3-17-36-19-22-42-23-20-36/h4-15,31,33,38H,2-3,16-25H2,1H3,(H,35,39)/t31-,33-/m0/s1. The second-order valence-electron chi connectivity index (χ2n) is 11.3. The van der Waals surface area contributed by atoms with Crippen LogP contribution in [0.5, 0.6) is 11.5 Å². The Morgan fingerprint density at radius 3 is 2.33 bits per heavy atom. The van der Waals surface area contributed by atoms with Gasteiger partial charge in [-0.05, 0) is 72.6 Å². The van der Waals surface area contributed by atoms with E-state index in [1.807, 2.05) is 36.4 Å². The fourth-order valence-corrected chi connectivity index (χ4v) is 6.43. The molecule has 0 radical (unpaired) electrons. The van der Waals surface area contributed by atoms with E-state index in [0.717, 1.165) is 76.0 Å². The van der Waals surface area contributed by atoms with Crippen LogP contribution in [0.4, 0.5) is 5.69 Å². The number of morpholine rings is 1. The lowest BCUT2D eigenvalue weighted by Crippen LogP contribution is -2.37. The number of rotatable bonds is 14. The summed E-state index contributed by atoms with van der Waals surface area (Å²) >= 11 is 0. The topological polar surface area (TPSA) is 118 Å². The van der Waals surface area contributed by atoms with Crippen molar-refractivity contribution in [1.82, 2.24) is 10.2 Å². The summed E-state index contributed by atoms with van der Waals surface area (Å²) in [6.07, 6.45) is 1.92. The summed E-state index contributed by atoms with van der Waals surface area (Å²) in [6, 6.07) is 20.8. The first-order valence-corrected chi connectivity index (χ1v) is 17.3. The molecule has 0 saturated carbocycles. The minimum Gasteiger partial charge on any atom is -0.494 e. The van der Waals surface area contributed by atoms with Gasteiger partial charge in [-0.15, -0.1) is 0 Å². The SMILES string of the molecule is CCS(=O)(=O)c1ccc([C@H](CO)NC(=O)c2ccc(N3CC[C@H](Oc4ccc(OCCCN5CCOCC5)cc4)C3)cc2)cc1. The van der Waals surface area contributed by atoms with E-state index >= 15 is 0 Å². The zero-order valence-corrected chi connectivity index (χ0v) is 26.6. The number of aliphatic hydroxyl groups excluding tert-OH is 1. The maximum absolute atomic E-state index is 12.9. The van der Waals surface area contributed by atoms with Crippen LogP contribution in [-0.2, 0) is 14.6 Å². The number of sulfone groups is 1. The summed E-state index contributed by atoms with van der Waals surface area (Å²) in [5, 5.41) is 12.7. The highest BCUT2D eigenvalue weighted by molar-refractivity contribution is 7.91. The molecule has 0 spiro atoms. The summed E-state index contributed by atoms with van der Waals surface area (Å²) in [5.41, 5.74) is 2.10. The Labute approximate surface area is 265 Å². The van der Waals surface area contributed by atoms with Crippen molar-refractivity contribution < 1.29 is 32.5 Å². The van der Waals surface area contributed by atoms with Gasteiger partial charge in [-0.1, -0.05) is 19.1 Å². The second-order valence-corrected chi connectivity index (χ2v) is 13.6. The van der Waals surface area contributed by atoms with Gasteiger partial charge in [0.05, 0.1) is 49.7 Å². The molecule has 0 aromatic heterocycles. The van der Waals surface area contributed by atoms with Crippen molar-refractivity contribution in [3.63, 3.8) is 0 Å². The monoisotopic (exact) mass is 637 g/mol. The lowest BCUT2D eigenvalue weighted by molar-refractivity contribution is 0.0358. The van der Waals surface area contributed by atoms with Crippen LogP contribution in [0.1, 0.15) is 41.7 Å². The number of carbonyl (C=O) groups excluding carboxylic acids is 1. The fourth-order valence-electron chi connectivity index (χ4n) is 5.54. The Kier molecular flexibility index (Phi) is 11.3. The quantitative estimate of drug-likeness (QED) is 0.255. The smallest absolute Gasteiger partial charge is 0.251 e. The van der Waals surface area contributed by atoms with Crippen molar-refractivity contribution in [1.29, 1.82) is 0 Å². The average Bonchev–Trinajstić information content (AvgIpc) is 3.55. The molecule has 0 unspecified atom stereocenters. The number of anilines is 1. The second kappa shape index (κ2) is 15.6. The van der Waals surface area contributed by atoms with Crippen molar-refractivity contribution in [2.24, 2.45) is 0 Å². The maximum Gasteiger partial charge on any atom is 0.251 e. The number of nitrogens with one attached hydrogen (secondary N) is 1. The Bertz CT molecular complexity index is 1480. The van der Waals surface area contributed by atoms with Gasteiger partial charge in [0, 0.05) is 43.9 Å². The van der Waals surface area contributed by atoms with Gasteiger partial charge in [0.25, 0.3) is 5.91 Å². The number of nitrogens with zero attached hydrogens (tertiary/aromatic N) is 2. The largest absolute Gasteiger partial charge is 0.494 e. The minimum absolute atomic E-state index is 0.00803. The predicted molar refractivity (Wildman–Crippen MR) is 173 cm³/mol. The molecule has 45 heavy (non-hydrogen) atoms. The van der Waals surface area contributed by atoms with Crippen molar-refractivity contribution >= 4 is 21.4 Å². The number of carbonyl (C=O) groups is 1. The molecular formula is C34H43N3O7S. The van der Waals surface area contributed by atoms with Gasteiger partial charge in [-0.2, -0.15) is 0 Å². The lowest BCUT2D eigenvalue weighted by atomic mass is 10.1. The molecule has 0 bridgehead atoms. The van der Waals surface area contributed by atoms with E-state index in [1.165, 1.54) is 12.1 Å². The molecule has 3 aromatic carbocycles. The average molecular weight is 638 g/mol. The molecule has 2 atom stereocenters. The molecule has 2 aliphatic rings. The summed E-state index contributed by atoms with van der Waals surface area (Å²) in [5.74, 6) is 1.34. The van der Waals surface area contributed by atoms with E-state index in [1.54, 1.807) is 31.2 Å². The van der Waals surface area contributed by atoms with Crippen LogP contribution in [0.25, 0.3) is 0 Å². The molecule has 2 heterocycles. The number of hydrogen-bond acceptors (Lipinski definition) is 9. The minimum atomic E-state index is -3.32. The van der Waals surface area contributed by atoms with Crippen molar-refractivity contribution in [2.75, 3.05) is 69.8 Å². The molecule has 5 rings (SSSR count). The van der Waals surface area contributed by atoms with E-state index in [0.29, 0.717) is 17.7 Å². The molecule has 10 nitrogen and oxygen atoms in total. The first-order chi connectivity index (χ1) is 21.8. The molecule has 2 fully saturated rings. The van der Waals surface area contributed by atoms with Gasteiger partial charge in [0.2, 0.25) is 0 Å². The molecular weight excluding hydrogens is 594 g/mol. The highest BCUT2D eigenvalue weighted by Crippen LogP contribution is 2.26. The molecule has 11 heteroatoms. The molecule has 3 aromatic rings. The zero-order valence-electron chi connectivity index (χ0n) is 25.8. The number of benzene rings is 3. The van der Waals surface area contributed by atoms with Crippen LogP contribution in [0.3, 0.4) is 0 Å². The third kappa shape index (κ3) is 8.97. The van der Waals surface area contributed by atoms with E-state index in [9.17, 15) is 18.3 Å². The summed E-state index contributed by atoms with van der Waals surface area (Å²) in [4.78, 5) is 17.8. The summed E-state index contributed by atoms with van der Waals surface area (Å²) < 4.78 is 41.7. The molecule has 242 valence electrons. The van der Waals surface area contributed by atoms with E-state index in [-0.39, 0.29) is 29.3 Å². The van der Waals surface area contributed by atoms with Gasteiger partial charge in [-0.3, -0.25) is 9.69 Å². The molecule has 2 N–H and O–H groups in total. The van der Waals surface area contributed by atoms with Gasteiger partial charge < -0.3 is 29.5 Å². The normalized spacial score (nSPS) is 18.0. The fraction of sp³-hybridized carbons (Fsp3) is 0.441. The van der Waals surface area contributed by atoms with Crippen LogP contribution in [0.15, 0.2) is 77.7 Å². The first-order valence-electron chi connectivity index (χ1n) is 15.6. The molecule has 2 saturated heterocycles. The predicted octanol–water partition coefficient (Wildman–Crippen LogP) is 3.70. The third-order valence-corrected chi connectivity index (χ3v) is 10.0. The summed E-state index contributed by atoms with van der Waals surface area (Å²) in [7, 11) is -3.32. The van der Waals surface area contributed by atoms with E-state index < -0.39 is 15.9 Å². The lowest BCUT2D eigenvalue weighted by Gasteiger charge is -2.26. The van der Waals surface area contributed by atoms with E-state index in [2.05, 4.69) is 15.1 Å². The molecule has 2 aliphatic heterocycles. The Morgan fingerprint density at radius 2 is 1.67 bits per heavy atom. The van der Waals surface area contributed by atoms with Crippen molar-refractivity contribution in [3.05, 3.63) is 83.9 Å². The number of hydrogen-bond donors (Lipinski definition) is 2. The highest BCUT2D eigenvalue weighted by Gasteiger charge is 2.25. The van der Waals surface area contributed by atoms with Gasteiger partial charge >= 0.3 is 0 Å². The molecule has 0 aliphatic carbocycles. The number of ether oxygens (including phenoxy) is 3. The van der Waals surface area contributed by atoms with Gasteiger partial charge in [0.1, 0.15) is 17.6 Å². The van der Waals surface area contributed by atoms with Crippen LogP contribution < -0.4 is 19.7 Å². The van der Waals surface area contributed by atoms with Crippen LogP contribution >= 0.6 is 0 Å². The van der Waals surface area contributed by atoms with Crippen molar-refractivity contribution in [2.45, 2.75) is 36.8 Å². The number of amides is 1.